The third kappa shape index (κ3) is 5.89. The van der Waals surface area contributed by atoms with Crippen molar-refractivity contribution in [1.29, 1.82) is 0 Å². The lowest BCUT2D eigenvalue weighted by molar-refractivity contribution is 0.00847. The van der Waals surface area contributed by atoms with Gasteiger partial charge in [0.1, 0.15) is 0 Å². The molecule has 2 aromatic rings. The minimum atomic E-state index is -0.878. The van der Waals surface area contributed by atoms with E-state index >= 15 is 0 Å². The zero-order valence-corrected chi connectivity index (χ0v) is 16.6. The van der Waals surface area contributed by atoms with Crippen LogP contribution < -0.4 is 9.47 Å². The number of halogens is 2. The maximum Gasteiger partial charge on any atom is 0.161 e. The number of ether oxygens (including phenoxy) is 3. The van der Waals surface area contributed by atoms with Crippen LogP contribution in [0.15, 0.2) is 36.4 Å². The molecule has 0 spiro atoms. The number of nitrogens with zero attached hydrogens (tertiary/aromatic N) is 1. The Morgan fingerprint density at radius 3 is 2.36 bits per heavy atom. The number of likely N-dealkylation sites (N-methyl/N-ethyl adjacent to an activating group) is 1. The van der Waals surface area contributed by atoms with Crippen molar-refractivity contribution in [1.82, 2.24) is 4.90 Å². The molecule has 7 heteroatoms. The number of aliphatic hydroxyl groups is 1. The number of methoxy groups -OCH3 is 2. The predicted octanol–water partition coefficient (Wildman–Crippen LogP) is 3.55. The average molecular weight is 395 g/mol. The van der Waals surface area contributed by atoms with Gasteiger partial charge in [-0.05, 0) is 49.4 Å². The minimum absolute atomic E-state index is 0.142. The summed E-state index contributed by atoms with van der Waals surface area (Å²) in [6, 6.07) is 9.13. The molecule has 0 heterocycles. The predicted molar refractivity (Wildman–Crippen MR) is 103 cm³/mol. The molecule has 0 aromatic heterocycles. The minimum Gasteiger partial charge on any atom is -0.493 e. The Morgan fingerprint density at radius 1 is 1.00 bits per heavy atom. The summed E-state index contributed by atoms with van der Waals surface area (Å²) in [4.78, 5) is 1.86. The molecule has 154 valence electrons. The SMILES string of the molecule is COc1ccc(COC[C@@H](O)CN(C)[C@@H](C)c2ccc(F)c(F)c2)cc1OC. The highest BCUT2D eigenvalue weighted by molar-refractivity contribution is 5.42. The molecule has 0 unspecified atom stereocenters. The molecule has 1 N–H and O–H groups in total. The molecule has 0 amide bonds. The van der Waals surface area contributed by atoms with Crippen LogP contribution in [0.4, 0.5) is 8.78 Å². The van der Waals surface area contributed by atoms with Gasteiger partial charge >= 0.3 is 0 Å². The highest BCUT2D eigenvalue weighted by atomic mass is 19.2. The molecule has 0 bridgehead atoms. The smallest absolute Gasteiger partial charge is 0.161 e. The highest BCUT2D eigenvalue weighted by Crippen LogP contribution is 2.27. The van der Waals surface area contributed by atoms with Crippen molar-refractivity contribution in [3.63, 3.8) is 0 Å². The summed E-state index contributed by atoms with van der Waals surface area (Å²) < 4.78 is 42.5. The average Bonchev–Trinajstić information content (AvgIpc) is 2.69. The van der Waals surface area contributed by atoms with E-state index in [1.165, 1.54) is 6.07 Å². The normalized spacial score (nSPS) is 13.4. The first-order chi connectivity index (χ1) is 13.3. The van der Waals surface area contributed by atoms with E-state index in [0.717, 1.165) is 11.6 Å². The van der Waals surface area contributed by atoms with E-state index in [-0.39, 0.29) is 12.6 Å². The third-order valence-electron chi connectivity index (χ3n) is 4.61. The summed E-state index contributed by atoms with van der Waals surface area (Å²) >= 11 is 0. The monoisotopic (exact) mass is 395 g/mol. The maximum absolute atomic E-state index is 13.4. The van der Waals surface area contributed by atoms with E-state index in [2.05, 4.69) is 0 Å². The van der Waals surface area contributed by atoms with Crippen LogP contribution in [0.25, 0.3) is 0 Å². The molecule has 0 radical (unpaired) electrons. The van der Waals surface area contributed by atoms with Crippen LogP contribution in [0.5, 0.6) is 11.5 Å². The molecule has 0 aliphatic carbocycles. The van der Waals surface area contributed by atoms with Crippen molar-refractivity contribution < 1.29 is 28.1 Å². The Kier molecular flexibility index (Phi) is 8.17. The molecule has 2 rings (SSSR count). The molecular weight excluding hydrogens is 368 g/mol. The van der Waals surface area contributed by atoms with Gasteiger partial charge in [-0.1, -0.05) is 12.1 Å². The molecule has 0 fully saturated rings. The van der Waals surface area contributed by atoms with E-state index in [9.17, 15) is 13.9 Å². The Hall–Kier alpha value is -2.22. The lowest BCUT2D eigenvalue weighted by atomic mass is 10.1. The summed E-state index contributed by atoms with van der Waals surface area (Å²) in [5, 5.41) is 10.2. The Balaban J connectivity index is 1.83. The van der Waals surface area contributed by atoms with E-state index < -0.39 is 17.7 Å². The van der Waals surface area contributed by atoms with Crippen molar-refractivity contribution in [2.45, 2.75) is 25.7 Å². The van der Waals surface area contributed by atoms with Gasteiger partial charge in [0, 0.05) is 12.6 Å². The zero-order valence-electron chi connectivity index (χ0n) is 16.6. The van der Waals surface area contributed by atoms with Crippen LogP contribution in [0, 0.1) is 11.6 Å². The van der Waals surface area contributed by atoms with Crippen molar-refractivity contribution in [3.8, 4) is 11.5 Å². The second-order valence-corrected chi connectivity index (χ2v) is 6.65. The first-order valence-electron chi connectivity index (χ1n) is 8.97. The Bertz CT molecular complexity index is 772. The standard InChI is InChI=1S/C21H27F2NO4/c1-14(16-6-7-18(22)19(23)10-16)24(2)11-17(25)13-28-12-15-5-8-20(26-3)21(9-15)27-4/h5-10,14,17,25H,11-13H2,1-4H3/t14-,17-/m0/s1. The molecular formula is C21H27F2NO4. The van der Waals surface area contributed by atoms with Crippen LogP contribution in [0.2, 0.25) is 0 Å². The Morgan fingerprint density at radius 2 is 1.71 bits per heavy atom. The summed E-state index contributed by atoms with van der Waals surface area (Å²) in [5.74, 6) is -0.498. The van der Waals surface area contributed by atoms with Gasteiger partial charge in [0.15, 0.2) is 23.1 Å². The van der Waals surface area contributed by atoms with Crippen LogP contribution in [0.1, 0.15) is 24.1 Å². The quantitative estimate of drug-likeness (QED) is 0.667. The van der Waals surface area contributed by atoms with Crippen LogP contribution >= 0.6 is 0 Å². The van der Waals surface area contributed by atoms with Crippen LogP contribution in [0.3, 0.4) is 0 Å². The molecule has 0 saturated heterocycles. The molecule has 28 heavy (non-hydrogen) atoms. The van der Waals surface area contributed by atoms with Crippen molar-refractivity contribution >= 4 is 0 Å². The lowest BCUT2D eigenvalue weighted by Gasteiger charge is -2.27. The van der Waals surface area contributed by atoms with Gasteiger partial charge in [0.05, 0.1) is 33.5 Å². The fourth-order valence-electron chi connectivity index (χ4n) is 2.85. The van der Waals surface area contributed by atoms with Crippen molar-refractivity contribution in [2.24, 2.45) is 0 Å². The maximum atomic E-state index is 13.4. The summed E-state index contributed by atoms with van der Waals surface area (Å²) in [6.45, 7) is 2.65. The van der Waals surface area contributed by atoms with E-state index in [0.29, 0.717) is 30.2 Å². The number of rotatable bonds is 10. The van der Waals surface area contributed by atoms with Crippen LogP contribution in [-0.2, 0) is 11.3 Å². The zero-order chi connectivity index (χ0) is 20.7. The van der Waals surface area contributed by atoms with Crippen LogP contribution in [-0.4, -0.2) is 50.5 Å². The fourth-order valence-corrected chi connectivity index (χ4v) is 2.85. The highest BCUT2D eigenvalue weighted by Gasteiger charge is 2.17. The largest absolute Gasteiger partial charge is 0.493 e. The lowest BCUT2D eigenvalue weighted by Crippen LogP contribution is -2.34. The van der Waals surface area contributed by atoms with E-state index in [1.807, 2.05) is 31.0 Å². The fraction of sp³-hybridized carbons (Fsp3) is 0.429. The van der Waals surface area contributed by atoms with Gasteiger partial charge in [-0.3, -0.25) is 4.90 Å². The van der Waals surface area contributed by atoms with E-state index in [1.54, 1.807) is 26.4 Å². The molecule has 5 nitrogen and oxygen atoms in total. The van der Waals surface area contributed by atoms with Gasteiger partial charge in [-0.15, -0.1) is 0 Å². The second kappa shape index (κ2) is 10.4. The molecule has 0 aliphatic heterocycles. The van der Waals surface area contributed by atoms with Gasteiger partial charge in [0.2, 0.25) is 0 Å². The van der Waals surface area contributed by atoms with Gasteiger partial charge in [-0.2, -0.15) is 0 Å². The Labute approximate surface area is 164 Å². The van der Waals surface area contributed by atoms with Gasteiger partial charge in [0.25, 0.3) is 0 Å². The topological polar surface area (TPSA) is 51.2 Å². The third-order valence-corrected chi connectivity index (χ3v) is 4.61. The second-order valence-electron chi connectivity index (χ2n) is 6.65. The van der Waals surface area contributed by atoms with Gasteiger partial charge in [-0.25, -0.2) is 8.78 Å². The number of hydrogen-bond donors (Lipinski definition) is 1. The number of hydrogen-bond acceptors (Lipinski definition) is 5. The molecule has 2 aromatic carbocycles. The summed E-state index contributed by atoms with van der Waals surface area (Å²) in [7, 11) is 4.95. The molecule has 0 aliphatic rings. The van der Waals surface area contributed by atoms with Gasteiger partial charge < -0.3 is 19.3 Å². The van der Waals surface area contributed by atoms with Crippen molar-refractivity contribution in [3.05, 3.63) is 59.2 Å². The van der Waals surface area contributed by atoms with E-state index in [4.69, 9.17) is 14.2 Å². The first kappa shape index (κ1) is 22.1. The molecule has 2 atom stereocenters. The summed E-state index contributed by atoms with van der Waals surface area (Å²) in [5.41, 5.74) is 1.54. The molecule has 0 saturated carbocycles. The number of benzene rings is 2. The van der Waals surface area contributed by atoms with Crippen molar-refractivity contribution in [2.75, 3.05) is 34.4 Å². The summed E-state index contributed by atoms with van der Waals surface area (Å²) in [6.07, 6.45) is -0.724. The number of aliphatic hydroxyl groups excluding tert-OH is 1. The first-order valence-corrected chi connectivity index (χ1v) is 8.97.